The smallest absolute Gasteiger partial charge is 0.319 e. The van der Waals surface area contributed by atoms with E-state index in [9.17, 15) is 4.79 Å². The van der Waals surface area contributed by atoms with Crippen molar-refractivity contribution in [3.63, 3.8) is 0 Å². The van der Waals surface area contributed by atoms with Crippen LogP contribution < -0.4 is 14.8 Å². The van der Waals surface area contributed by atoms with Crippen LogP contribution in [0.25, 0.3) is 11.1 Å². The van der Waals surface area contributed by atoms with E-state index in [2.05, 4.69) is 15.3 Å². The summed E-state index contributed by atoms with van der Waals surface area (Å²) in [6.07, 6.45) is 2.23. The molecule has 1 unspecified atom stereocenters. The standard InChI is InChI=1S/C16H17N3O3/c1-21-15-13(9-18-16(19-15)22-2)11-5-3-10(4-6-11)12-7-14(20)17-8-12/h3-6,9,12H,7-8H2,1-2H3,(H,17,20). The third-order valence-corrected chi connectivity index (χ3v) is 3.78. The van der Waals surface area contributed by atoms with Gasteiger partial charge in [0.2, 0.25) is 11.8 Å². The Bertz CT molecular complexity index is 686. The van der Waals surface area contributed by atoms with Gasteiger partial charge in [0, 0.05) is 25.1 Å². The van der Waals surface area contributed by atoms with Crippen LogP contribution in [0.1, 0.15) is 17.9 Å². The van der Waals surface area contributed by atoms with Crippen LogP contribution >= 0.6 is 0 Å². The Labute approximate surface area is 128 Å². The van der Waals surface area contributed by atoms with Crippen molar-refractivity contribution in [3.05, 3.63) is 36.0 Å². The van der Waals surface area contributed by atoms with E-state index in [4.69, 9.17) is 9.47 Å². The zero-order chi connectivity index (χ0) is 15.5. The van der Waals surface area contributed by atoms with Crippen LogP contribution in [0.2, 0.25) is 0 Å². The Morgan fingerprint density at radius 2 is 1.95 bits per heavy atom. The molecule has 114 valence electrons. The number of hydrogen-bond acceptors (Lipinski definition) is 5. The fourth-order valence-electron chi connectivity index (χ4n) is 2.58. The van der Waals surface area contributed by atoms with Gasteiger partial charge in [-0.3, -0.25) is 4.79 Å². The Kier molecular flexibility index (Phi) is 3.91. The van der Waals surface area contributed by atoms with E-state index in [1.54, 1.807) is 13.3 Å². The third-order valence-electron chi connectivity index (χ3n) is 3.78. The van der Waals surface area contributed by atoms with E-state index >= 15 is 0 Å². The summed E-state index contributed by atoms with van der Waals surface area (Å²) in [4.78, 5) is 19.6. The number of amides is 1. The first-order valence-corrected chi connectivity index (χ1v) is 7.03. The SMILES string of the molecule is COc1ncc(-c2ccc(C3CNC(=O)C3)cc2)c(OC)n1. The molecule has 1 aliphatic heterocycles. The second-order valence-corrected chi connectivity index (χ2v) is 5.11. The highest BCUT2D eigenvalue weighted by atomic mass is 16.5. The van der Waals surface area contributed by atoms with Crippen LogP contribution in [0.5, 0.6) is 11.9 Å². The van der Waals surface area contributed by atoms with E-state index in [-0.39, 0.29) is 17.8 Å². The number of ether oxygens (including phenoxy) is 2. The highest BCUT2D eigenvalue weighted by Gasteiger charge is 2.22. The van der Waals surface area contributed by atoms with Gasteiger partial charge in [-0.2, -0.15) is 4.98 Å². The third kappa shape index (κ3) is 2.72. The lowest BCUT2D eigenvalue weighted by Gasteiger charge is -2.11. The van der Waals surface area contributed by atoms with E-state index in [1.165, 1.54) is 7.11 Å². The summed E-state index contributed by atoms with van der Waals surface area (Å²) in [6.45, 7) is 0.702. The predicted molar refractivity (Wildman–Crippen MR) is 80.9 cm³/mol. The molecule has 1 aliphatic rings. The van der Waals surface area contributed by atoms with Crippen molar-refractivity contribution in [2.24, 2.45) is 0 Å². The maximum atomic E-state index is 11.3. The van der Waals surface area contributed by atoms with E-state index in [0.29, 0.717) is 18.8 Å². The monoisotopic (exact) mass is 299 g/mol. The van der Waals surface area contributed by atoms with Gasteiger partial charge < -0.3 is 14.8 Å². The normalized spacial score (nSPS) is 17.2. The Morgan fingerprint density at radius 1 is 1.18 bits per heavy atom. The summed E-state index contributed by atoms with van der Waals surface area (Å²) in [5.74, 6) is 0.826. The van der Waals surface area contributed by atoms with Crippen molar-refractivity contribution < 1.29 is 14.3 Å². The highest BCUT2D eigenvalue weighted by molar-refractivity contribution is 5.79. The summed E-state index contributed by atoms with van der Waals surface area (Å²) < 4.78 is 10.3. The Balaban J connectivity index is 1.88. The van der Waals surface area contributed by atoms with Crippen molar-refractivity contribution >= 4 is 5.91 Å². The minimum absolute atomic E-state index is 0.110. The summed E-state index contributed by atoms with van der Waals surface area (Å²) >= 11 is 0. The van der Waals surface area contributed by atoms with Gasteiger partial charge in [-0.1, -0.05) is 24.3 Å². The minimum atomic E-state index is 0.110. The molecule has 1 fully saturated rings. The number of rotatable bonds is 4. The molecule has 1 amide bonds. The molecule has 0 spiro atoms. The zero-order valence-corrected chi connectivity index (χ0v) is 12.5. The summed E-state index contributed by atoms with van der Waals surface area (Å²) in [7, 11) is 3.08. The first-order chi connectivity index (χ1) is 10.7. The Hall–Kier alpha value is -2.63. The molecule has 2 aromatic rings. The van der Waals surface area contributed by atoms with Crippen LogP contribution in [-0.2, 0) is 4.79 Å². The number of carbonyl (C=O) groups is 1. The average molecular weight is 299 g/mol. The van der Waals surface area contributed by atoms with Crippen LogP contribution in [0.15, 0.2) is 30.5 Å². The molecule has 1 aromatic carbocycles. The lowest BCUT2D eigenvalue weighted by Crippen LogP contribution is -2.13. The number of benzene rings is 1. The molecule has 6 heteroatoms. The topological polar surface area (TPSA) is 73.3 Å². The molecule has 1 saturated heterocycles. The van der Waals surface area contributed by atoms with E-state index < -0.39 is 0 Å². The minimum Gasteiger partial charge on any atom is -0.480 e. The number of methoxy groups -OCH3 is 2. The zero-order valence-electron chi connectivity index (χ0n) is 12.5. The molecule has 0 radical (unpaired) electrons. The molecule has 0 aliphatic carbocycles. The molecule has 0 bridgehead atoms. The van der Waals surface area contributed by atoms with Crippen LogP contribution in [0.3, 0.4) is 0 Å². The first-order valence-electron chi connectivity index (χ1n) is 7.03. The second-order valence-electron chi connectivity index (χ2n) is 5.11. The summed E-state index contributed by atoms with van der Waals surface area (Å²) in [6, 6.07) is 8.32. The maximum Gasteiger partial charge on any atom is 0.319 e. The summed E-state index contributed by atoms with van der Waals surface area (Å²) in [5.41, 5.74) is 2.91. The molecule has 22 heavy (non-hydrogen) atoms. The maximum absolute atomic E-state index is 11.3. The largest absolute Gasteiger partial charge is 0.480 e. The number of nitrogens with one attached hydrogen (secondary N) is 1. The number of hydrogen-bond donors (Lipinski definition) is 1. The first kappa shape index (κ1) is 14.3. The lowest BCUT2D eigenvalue weighted by molar-refractivity contribution is -0.119. The van der Waals surface area contributed by atoms with Crippen molar-refractivity contribution in [3.8, 4) is 23.0 Å². The van der Waals surface area contributed by atoms with Gasteiger partial charge in [0.1, 0.15) is 0 Å². The van der Waals surface area contributed by atoms with Gasteiger partial charge >= 0.3 is 6.01 Å². The van der Waals surface area contributed by atoms with Crippen LogP contribution in [-0.4, -0.2) is 36.6 Å². The van der Waals surface area contributed by atoms with Gasteiger partial charge in [-0.15, -0.1) is 0 Å². The second kappa shape index (κ2) is 6.01. The molecular weight excluding hydrogens is 282 g/mol. The van der Waals surface area contributed by atoms with Gasteiger partial charge in [0.05, 0.1) is 19.8 Å². The fraction of sp³-hybridized carbons (Fsp3) is 0.312. The van der Waals surface area contributed by atoms with Crippen molar-refractivity contribution in [1.29, 1.82) is 0 Å². The molecule has 1 atom stereocenters. The predicted octanol–water partition coefficient (Wildman–Crippen LogP) is 1.76. The van der Waals surface area contributed by atoms with Crippen LogP contribution in [0, 0.1) is 0 Å². The van der Waals surface area contributed by atoms with E-state index in [0.717, 1.165) is 16.7 Å². The highest BCUT2D eigenvalue weighted by Crippen LogP contribution is 2.31. The molecule has 6 nitrogen and oxygen atoms in total. The molecule has 2 heterocycles. The van der Waals surface area contributed by atoms with Crippen molar-refractivity contribution in [1.82, 2.24) is 15.3 Å². The van der Waals surface area contributed by atoms with Gasteiger partial charge in [-0.25, -0.2) is 4.98 Å². The number of aromatic nitrogens is 2. The molecule has 1 aromatic heterocycles. The quantitative estimate of drug-likeness (QED) is 0.931. The molecule has 0 saturated carbocycles. The van der Waals surface area contributed by atoms with E-state index in [1.807, 2.05) is 24.3 Å². The molecular formula is C16H17N3O3. The van der Waals surface area contributed by atoms with Crippen molar-refractivity contribution in [2.45, 2.75) is 12.3 Å². The number of carbonyl (C=O) groups excluding carboxylic acids is 1. The average Bonchev–Trinajstić information content (AvgIpc) is 3.01. The number of nitrogens with zero attached hydrogens (tertiary/aromatic N) is 2. The fourth-order valence-corrected chi connectivity index (χ4v) is 2.58. The van der Waals surface area contributed by atoms with Gasteiger partial charge in [0.25, 0.3) is 0 Å². The molecule has 3 rings (SSSR count). The summed E-state index contributed by atoms with van der Waals surface area (Å²) in [5, 5.41) is 2.85. The Morgan fingerprint density at radius 3 is 2.55 bits per heavy atom. The van der Waals surface area contributed by atoms with Crippen LogP contribution in [0.4, 0.5) is 0 Å². The van der Waals surface area contributed by atoms with Crippen molar-refractivity contribution in [2.75, 3.05) is 20.8 Å². The van der Waals surface area contributed by atoms with Gasteiger partial charge in [0.15, 0.2) is 0 Å². The van der Waals surface area contributed by atoms with Gasteiger partial charge in [-0.05, 0) is 11.1 Å². The lowest BCUT2D eigenvalue weighted by atomic mass is 9.96. The molecule has 1 N–H and O–H groups in total.